The van der Waals surface area contributed by atoms with Gasteiger partial charge in [0.25, 0.3) is 0 Å². The van der Waals surface area contributed by atoms with Crippen LogP contribution in [0.5, 0.6) is 0 Å². The number of hydrogen-bond donors (Lipinski definition) is 1. The number of hydrogen-bond acceptors (Lipinski definition) is 2. The van der Waals surface area contributed by atoms with E-state index in [0.717, 1.165) is 17.9 Å². The van der Waals surface area contributed by atoms with Gasteiger partial charge in [0.2, 0.25) is 0 Å². The Labute approximate surface area is 115 Å². The first-order valence-corrected chi connectivity index (χ1v) is 6.61. The van der Waals surface area contributed by atoms with Crippen molar-refractivity contribution in [1.82, 2.24) is 0 Å². The highest BCUT2D eigenvalue weighted by Crippen LogP contribution is 2.27. The molecule has 2 aromatic carbocycles. The van der Waals surface area contributed by atoms with E-state index in [0.29, 0.717) is 0 Å². The van der Waals surface area contributed by atoms with Gasteiger partial charge in [0.1, 0.15) is 0 Å². The minimum Gasteiger partial charge on any atom is -0.397 e. The third-order valence-electron chi connectivity index (χ3n) is 3.72. The lowest BCUT2D eigenvalue weighted by Gasteiger charge is -2.23. The molecule has 2 N–H and O–H groups in total. The number of anilines is 2. The number of nitrogens with two attached hydrogens (primary N) is 1. The first-order valence-electron chi connectivity index (χ1n) is 6.61. The number of nitrogen functional groups attached to an aromatic ring is 1. The number of nitrogens with zero attached hydrogens (tertiary/aromatic N) is 1. The zero-order valence-corrected chi connectivity index (χ0v) is 12.2. The van der Waals surface area contributed by atoms with Crippen LogP contribution in [-0.4, -0.2) is 7.05 Å². The van der Waals surface area contributed by atoms with Crippen LogP contribution >= 0.6 is 0 Å². The Morgan fingerprint density at radius 3 is 2.26 bits per heavy atom. The van der Waals surface area contributed by atoms with Gasteiger partial charge in [0, 0.05) is 13.6 Å². The SMILES string of the molecule is Cc1cc(N)c(N(C)Cc2ccccc2C)cc1C. The van der Waals surface area contributed by atoms with Crippen LogP contribution in [0, 0.1) is 20.8 Å². The Kier molecular flexibility index (Phi) is 3.79. The fraction of sp³-hybridized carbons (Fsp3) is 0.294. The molecule has 0 atom stereocenters. The second-order valence-electron chi connectivity index (χ2n) is 5.28. The van der Waals surface area contributed by atoms with E-state index in [9.17, 15) is 0 Å². The summed E-state index contributed by atoms with van der Waals surface area (Å²) in [5.41, 5.74) is 13.3. The summed E-state index contributed by atoms with van der Waals surface area (Å²) in [5.74, 6) is 0. The summed E-state index contributed by atoms with van der Waals surface area (Å²) < 4.78 is 0. The quantitative estimate of drug-likeness (QED) is 0.843. The largest absolute Gasteiger partial charge is 0.397 e. The summed E-state index contributed by atoms with van der Waals surface area (Å²) in [6.45, 7) is 7.24. The zero-order chi connectivity index (χ0) is 14.0. The third-order valence-corrected chi connectivity index (χ3v) is 3.72. The van der Waals surface area contributed by atoms with Crippen LogP contribution in [0.1, 0.15) is 22.3 Å². The number of rotatable bonds is 3. The molecule has 19 heavy (non-hydrogen) atoms. The Hall–Kier alpha value is -1.96. The first-order chi connectivity index (χ1) is 8.99. The van der Waals surface area contributed by atoms with Crippen LogP contribution in [0.25, 0.3) is 0 Å². The van der Waals surface area contributed by atoms with Crippen molar-refractivity contribution in [3.63, 3.8) is 0 Å². The van der Waals surface area contributed by atoms with Crippen molar-refractivity contribution in [3.8, 4) is 0 Å². The molecule has 0 amide bonds. The molecule has 0 saturated carbocycles. The lowest BCUT2D eigenvalue weighted by atomic mass is 10.1. The second kappa shape index (κ2) is 5.35. The molecule has 0 radical (unpaired) electrons. The van der Waals surface area contributed by atoms with Gasteiger partial charge in [-0.05, 0) is 55.2 Å². The molecule has 0 aliphatic carbocycles. The van der Waals surface area contributed by atoms with Crippen molar-refractivity contribution in [2.45, 2.75) is 27.3 Å². The van der Waals surface area contributed by atoms with E-state index in [-0.39, 0.29) is 0 Å². The molecule has 0 aliphatic heterocycles. The standard InChI is InChI=1S/C17H22N2/c1-12-7-5-6-8-15(12)11-19(4)17-10-14(3)13(2)9-16(17)18/h5-10H,11,18H2,1-4H3. The summed E-state index contributed by atoms with van der Waals surface area (Å²) in [5, 5.41) is 0. The maximum Gasteiger partial charge on any atom is 0.0603 e. The van der Waals surface area contributed by atoms with Gasteiger partial charge in [-0.3, -0.25) is 0 Å². The topological polar surface area (TPSA) is 29.3 Å². The minimum atomic E-state index is 0.846. The van der Waals surface area contributed by atoms with Gasteiger partial charge < -0.3 is 10.6 Å². The molecular formula is C17H22N2. The van der Waals surface area contributed by atoms with Crippen LogP contribution in [0.15, 0.2) is 36.4 Å². The highest BCUT2D eigenvalue weighted by molar-refractivity contribution is 5.69. The molecule has 2 rings (SSSR count). The third kappa shape index (κ3) is 2.90. The van der Waals surface area contributed by atoms with Crippen molar-refractivity contribution in [3.05, 3.63) is 58.7 Å². The predicted octanol–water partition coefficient (Wildman–Crippen LogP) is 3.83. The Balaban J connectivity index is 2.28. The predicted molar refractivity (Wildman–Crippen MR) is 83.6 cm³/mol. The summed E-state index contributed by atoms with van der Waals surface area (Å²) >= 11 is 0. The molecule has 0 heterocycles. The molecule has 0 spiro atoms. The van der Waals surface area contributed by atoms with Crippen molar-refractivity contribution < 1.29 is 0 Å². The second-order valence-corrected chi connectivity index (χ2v) is 5.28. The van der Waals surface area contributed by atoms with E-state index in [4.69, 9.17) is 5.73 Å². The molecule has 0 fully saturated rings. The van der Waals surface area contributed by atoms with Crippen LogP contribution in [-0.2, 0) is 6.54 Å². The molecule has 0 unspecified atom stereocenters. The maximum atomic E-state index is 6.14. The van der Waals surface area contributed by atoms with E-state index in [1.807, 2.05) is 0 Å². The number of aryl methyl sites for hydroxylation is 3. The molecule has 0 saturated heterocycles. The van der Waals surface area contributed by atoms with Crippen molar-refractivity contribution in [2.24, 2.45) is 0 Å². The van der Waals surface area contributed by atoms with Crippen LogP contribution in [0.3, 0.4) is 0 Å². The van der Waals surface area contributed by atoms with Crippen LogP contribution in [0.2, 0.25) is 0 Å². The molecule has 0 aliphatic rings. The molecular weight excluding hydrogens is 232 g/mol. The monoisotopic (exact) mass is 254 g/mol. The van der Waals surface area contributed by atoms with Crippen molar-refractivity contribution in [2.75, 3.05) is 17.7 Å². The number of benzene rings is 2. The van der Waals surface area contributed by atoms with Gasteiger partial charge in [-0.2, -0.15) is 0 Å². The summed E-state index contributed by atoms with van der Waals surface area (Å²) in [6.07, 6.45) is 0. The Morgan fingerprint density at radius 1 is 0.947 bits per heavy atom. The average molecular weight is 254 g/mol. The highest BCUT2D eigenvalue weighted by Gasteiger charge is 2.09. The summed E-state index contributed by atoms with van der Waals surface area (Å²) in [4.78, 5) is 2.21. The molecule has 2 heteroatoms. The molecule has 0 bridgehead atoms. The fourth-order valence-corrected chi connectivity index (χ4v) is 2.28. The van der Waals surface area contributed by atoms with E-state index < -0.39 is 0 Å². The Bertz CT molecular complexity index is 588. The van der Waals surface area contributed by atoms with E-state index >= 15 is 0 Å². The molecule has 100 valence electrons. The molecule has 2 nitrogen and oxygen atoms in total. The maximum absolute atomic E-state index is 6.14. The van der Waals surface area contributed by atoms with Crippen LogP contribution in [0.4, 0.5) is 11.4 Å². The van der Waals surface area contributed by atoms with Crippen molar-refractivity contribution in [1.29, 1.82) is 0 Å². The minimum absolute atomic E-state index is 0.846. The van der Waals surface area contributed by atoms with Gasteiger partial charge in [0.05, 0.1) is 11.4 Å². The first kappa shape index (κ1) is 13.5. The molecule has 0 aromatic heterocycles. The fourth-order valence-electron chi connectivity index (χ4n) is 2.28. The summed E-state index contributed by atoms with van der Waals surface area (Å²) in [7, 11) is 2.09. The lowest BCUT2D eigenvalue weighted by molar-refractivity contribution is 0.914. The molecule has 2 aromatic rings. The van der Waals surface area contributed by atoms with Gasteiger partial charge >= 0.3 is 0 Å². The normalized spacial score (nSPS) is 10.5. The average Bonchev–Trinajstić information content (AvgIpc) is 2.36. The zero-order valence-electron chi connectivity index (χ0n) is 12.2. The summed E-state index contributed by atoms with van der Waals surface area (Å²) in [6, 6.07) is 12.7. The highest BCUT2D eigenvalue weighted by atomic mass is 15.1. The smallest absolute Gasteiger partial charge is 0.0603 e. The van der Waals surface area contributed by atoms with Crippen LogP contribution < -0.4 is 10.6 Å². The van der Waals surface area contributed by atoms with Crippen molar-refractivity contribution >= 4 is 11.4 Å². The van der Waals surface area contributed by atoms with E-state index in [1.54, 1.807) is 0 Å². The van der Waals surface area contributed by atoms with E-state index in [2.05, 4.69) is 69.1 Å². The lowest BCUT2D eigenvalue weighted by Crippen LogP contribution is -2.18. The van der Waals surface area contributed by atoms with Gasteiger partial charge in [-0.25, -0.2) is 0 Å². The van der Waals surface area contributed by atoms with E-state index in [1.165, 1.54) is 22.3 Å². The van der Waals surface area contributed by atoms with Gasteiger partial charge in [0.15, 0.2) is 0 Å². The Morgan fingerprint density at radius 2 is 1.58 bits per heavy atom. The van der Waals surface area contributed by atoms with Gasteiger partial charge in [-0.1, -0.05) is 24.3 Å². The van der Waals surface area contributed by atoms with Gasteiger partial charge in [-0.15, -0.1) is 0 Å².